The number of carbonyl (C=O) groups is 1. The van der Waals surface area contributed by atoms with Gasteiger partial charge in [0.2, 0.25) is 0 Å². The molecule has 8 heteroatoms. The number of rotatable bonds is 4. The number of fused-ring (bicyclic) bond motifs is 4. The van der Waals surface area contributed by atoms with Crippen molar-refractivity contribution in [2.75, 3.05) is 11.9 Å². The van der Waals surface area contributed by atoms with E-state index in [1.54, 1.807) is 17.7 Å². The Morgan fingerprint density at radius 1 is 1.38 bits per heavy atom. The third-order valence-corrected chi connectivity index (χ3v) is 7.26. The second-order valence-corrected chi connectivity index (χ2v) is 9.16. The lowest BCUT2D eigenvalue weighted by Gasteiger charge is -2.20. The van der Waals surface area contributed by atoms with Gasteiger partial charge in [-0.25, -0.2) is 9.97 Å². The molecule has 1 N–H and O–H groups in total. The maximum Gasteiger partial charge on any atom is 0.309 e. The Hall–Kier alpha value is -2.32. The zero-order chi connectivity index (χ0) is 20.0. The van der Waals surface area contributed by atoms with Crippen LogP contribution in [0.15, 0.2) is 27.9 Å². The molecule has 1 aliphatic heterocycles. The van der Waals surface area contributed by atoms with E-state index >= 15 is 0 Å². The number of hydrogen-bond donors (Lipinski definition) is 1. The standard InChI is InChI=1S/C21H19BrN4O2S/c1-2-28-21(27)11-3-4-14-17(7-11)29-20-18(14)19(24-10-25-20)26-16-6-13-9-23-8-12(13)5-15(16)22/h5-6,9-11H,2-4,7-8H2,1H3,(H,24,25,26)/t11-/m0/s1. The summed E-state index contributed by atoms with van der Waals surface area (Å²) < 4.78 is 6.22. The molecule has 0 amide bonds. The molecule has 0 radical (unpaired) electrons. The zero-order valence-corrected chi connectivity index (χ0v) is 18.3. The van der Waals surface area contributed by atoms with Crippen LogP contribution in [0.3, 0.4) is 0 Å². The van der Waals surface area contributed by atoms with E-state index in [-0.39, 0.29) is 11.9 Å². The molecule has 29 heavy (non-hydrogen) atoms. The van der Waals surface area contributed by atoms with Crippen LogP contribution in [-0.2, 0) is 28.9 Å². The minimum Gasteiger partial charge on any atom is -0.466 e. The Balaban J connectivity index is 1.51. The van der Waals surface area contributed by atoms with Gasteiger partial charge in [-0.15, -0.1) is 11.3 Å². The average molecular weight is 471 g/mol. The number of thiophene rings is 1. The molecule has 0 bridgehead atoms. The smallest absolute Gasteiger partial charge is 0.309 e. The first-order valence-corrected chi connectivity index (χ1v) is 11.3. The molecule has 2 aromatic heterocycles. The van der Waals surface area contributed by atoms with Crippen LogP contribution in [0.1, 0.15) is 34.9 Å². The molecule has 6 nitrogen and oxygen atoms in total. The number of hydrogen-bond acceptors (Lipinski definition) is 7. The minimum atomic E-state index is -0.0937. The molecule has 3 heterocycles. The fraction of sp³-hybridized carbons (Fsp3) is 0.333. The summed E-state index contributed by atoms with van der Waals surface area (Å²) in [5.74, 6) is 0.645. The fourth-order valence-corrected chi connectivity index (χ4v) is 5.78. The highest BCUT2D eigenvalue weighted by Gasteiger charge is 2.30. The Morgan fingerprint density at radius 2 is 2.28 bits per heavy atom. The number of benzene rings is 1. The van der Waals surface area contributed by atoms with Crippen molar-refractivity contribution >= 4 is 61.2 Å². The number of aromatic nitrogens is 2. The van der Waals surface area contributed by atoms with E-state index in [2.05, 4.69) is 48.3 Å². The third kappa shape index (κ3) is 3.34. The van der Waals surface area contributed by atoms with Gasteiger partial charge in [-0.05, 0) is 70.9 Å². The van der Waals surface area contributed by atoms with Crippen molar-refractivity contribution in [2.45, 2.75) is 32.7 Å². The molecular weight excluding hydrogens is 452 g/mol. The molecule has 0 saturated heterocycles. The molecule has 3 aromatic rings. The number of anilines is 2. The number of carbonyl (C=O) groups excluding carboxylic acids is 1. The van der Waals surface area contributed by atoms with E-state index < -0.39 is 0 Å². The highest BCUT2D eigenvalue weighted by molar-refractivity contribution is 9.10. The van der Waals surface area contributed by atoms with Crippen LogP contribution < -0.4 is 5.32 Å². The molecule has 0 unspecified atom stereocenters. The summed E-state index contributed by atoms with van der Waals surface area (Å²) in [7, 11) is 0. The second-order valence-electron chi connectivity index (χ2n) is 7.22. The Bertz CT molecular complexity index is 1160. The topological polar surface area (TPSA) is 76.5 Å². The summed E-state index contributed by atoms with van der Waals surface area (Å²) in [5, 5.41) is 4.56. The molecule has 0 spiro atoms. The van der Waals surface area contributed by atoms with E-state index in [1.807, 2.05) is 13.1 Å². The van der Waals surface area contributed by atoms with Crippen LogP contribution in [-0.4, -0.2) is 28.8 Å². The van der Waals surface area contributed by atoms with Crippen LogP contribution in [0, 0.1) is 5.92 Å². The monoisotopic (exact) mass is 470 g/mol. The van der Waals surface area contributed by atoms with Crippen molar-refractivity contribution in [1.82, 2.24) is 9.97 Å². The molecule has 148 valence electrons. The van der Waals surface area contributed by atoms with Crippen LogP contribution >= 0.6 is 27.3 Å². The summed E-state index contributed by atoms with van der Waals surface area (Å²) in [6.07, 6.45) is 5.85. The summed E-state index contributed by atoms with van der Waals surface area (Å²) >= 11 is 5.32. The number of ether oxygens (including phenoxy) is 1. The average Bonchev–Trinajstić information content (AvgIpc) is 3.31. The van der Waals surface area contributed by atoms with Gasteiger partial charge in [0, 0.05) is 15.6 Å². The number of aryl methyl sites for hydroxylation is 1. The van der Waals surface area contributed by atoms with Gasteiger partial charge in [0.05, 0.1) is 30.1 Å². The zero-order valence-electron chi connectivity index (χ0n) is 15.9. The van der Waals surface area contributed by atoms with E-state index in [4.69, 9.17) is 4.74 Å². The molecule has 1 atom stereocenters. The first-order chi connectivity index (χ1) is 14.1. The summed E-state index contributed by atoms with van der Waals surface area (Å²) in [4.78, 5) is 27.7. The van der Waals surface area contributed by atoms with E-state index in [0.717, 1.165) is 51.1 Å². The van der Waals surface area contributed by atoms with E-state index in [0.29, 0.717) is 13.0 Å². The highest BCUT2D eigenvalue weighted by atomic mass is 79.9. The van der Waals surface area contributed by atoms with Crippen LogP contribution in [0.2, 0.25) is 0 Å². The van der Waals surface area contributed by atoms with Gasteiger partial charge in [0.25, 0.3) is 0 Å². The lowest BCUT2D eigenvalue weighted by Crippen LogP contribution is -2.23. The molecule has 0 fully saturated rings. The molecular formula is C21H19BrN4O2S. The largest absolute Gasteiger partial charge is 0.466 e. The molecule has 0 saturated carbocycles. The number of esters is 1. The van der Waals surface area contributed by atoms with Crippen molar-refractivity contribution in [2.24, 2.45) is 10.9 Å². The van der Waals surface area contributed by atoms with Gasteiger partial charge < -0.3 is 10.1 Å². The SMILES string of the molecule is CCOC(=O)[C@H]1CCc2c(sc3ncnc(Nc4cc5c(cc4Br)CN=C5)c23)C1. The lowest BCUT2D eigenvalue weighted by atomic mass is 9.88. The number of nitrogens with zero attached hydrogens (tertiary/aromatic N) is 3. The van der Waals surface area contributed by atoms with E-state index in [9.17, 15) is 4.79 Å². The van der Waals surface area contributed by atoms with Gasteiger partial charge >= 0.3 is 5.97 Å². The maximum atomic E-state index is 12.2. The summed E-state index contributed by atoms with van der Waals surface area (Å²) in [6.45, 7) is 3.00. The maximum absolute atomic E-state index is 12.2. The van der Waals surface area contributed by atoms with Crippen molar-refractivity contribution < 1.29 is 9.53 Å². The normalized spacial score (nSPS) is 17.2. The number of nitrogens with one attached hydrogen (secondary N) is 1. The Labute approximate surface area is 180 Å². The van der Waals surface area contributed by atoms with Crippen LogP contribution in [0.25, 0.3) is 10.2 Å². The van der Waals surface area contributed by atoms with Gasteiger partial charge in [0.15, 0.2) is 0 Å². The van der Waals surface area contributed by atoms with Gasteiger partial charge in [-0.1, -0.05) is 0 Å². The fourth-order valence-electron chi connectivity index (χ4n) is 4.02. The first kappa shape index (κ1) is 18.7. The van der Waals surface area contributed by atoms with Gasteiger partial charge in [-0.2, -0.15) is 0 Å². The first-order valence-electron chi connectivity index (χ1n) is 9.65. The van der Waals surface area contributed by atoms with Gasteiger partial charge in [-0.3, -0.25) is 9.79 Å². The molecule has 2 aliphatic rings. The summed E-state index contributed by atoms with van der Waals surface area (Å²) in [5.41, 5.74) is 4.56. The van der Waals surface area contributed by atoms with E-state index in [1.165, 1.54) is 16.0 Å². The van der Waals surface area contributed by atoms with Crippen molar-refractivity contribution in [1.29, 1.82) is 0 Å². The lowest BCUT2D eigenvalue weighted by molar-refractivity contribution is -0.148. The quantitative estimate of drug-likeness (QED) is 0.554. The van der Waals surface area contributed by atoms with Crippen molar-refractivity contribution in [3.8, 4) is 0 Å². The number of halogens is 1. The summed E-state index contributed by atoms with van der Waals surface area (Å²) in [6, 6.07) is 4.20. The Kier molecular flexibility index (Phi) is 4.83. The van der Waals surface area contributed by atoms with Crippen molar-refractivity contribution in [3.63, 3.8) is 0 Å². The van der Waals surface area contributed by atoms with Crippen LogP contribution in [0.5, 0.6) is 0 Å². The number of aliphatic imine (C=N–C) groups is 1. The molecule has 5 rings (SSSR count). The molecule has 1 aromatic carbocycles. The minimum absolute atomic E-state index is 0.0648. The van der Waals surface area contributed by atoms with Crippen LogP contribution in [0.4, 0.5) is 11.5 Å². The van der Waals surface area contributed by atoms with Crippen molar-refractivity contribution in [3.05, 3.63) is 44.5 Å². The highest BCUT2D eigenvalue weighted by Crippen LogP contribution is 2.41. The van der Waals surface area contributed by atoms with Gasteiger partial charge in [0.1, 0.15) is 17.0 Å². The second kappa shape index (κ2) is 7.50. The third-order valence-electron chi connectivity index (χ3n) is 5.44. The molecule has 1 aliphatic carbocycles. The predicted octanol–water partition coefficient (Wildman–Crippen LogP) is 4.80. The predicted molar refractivity (Wildman–Crippen MR) is 118 cm³/mol. The Morgan fingerprint density at radius 3 is 3.14 bits per heavy atom.